The van der Waals surface area contributed by atoms with E-state index in [9.17, 15) is 22.8 Å². The van der Waals surface area contributed by atoms with Crippen LogP contribution in [0.3, 0.4) is 0 Å². The second kappa shape index (κ2) is 10.8. The molecular weight excluding hydrogens is 469 g/mol. The number of carbonyl (C=O) groups is 1. The Morgan fingerprint density at radius 3 is 2.51 bits per heavy atom. The fraction of sp³-hybridized carbons (Fsp3) is 0.304. The summed E-state index contributed by atoms with van der Waals surface area (Å²) >= 11 is 0. The monoisotopic (exact) mass is 490 g/mol. The van der Waals surface area contributed by atoms with Crippen molar-refractivity contribution in [1.82, 2.24) is 9.55 Å². The molecule has 0 aliphatic carbocycles. The molecule has 0 aliphatic heterocycles. The van der Waals surface area contributed by atoms with Gasteiger partial charge in [-0.05, 0) is 30.7 Å². The van der Waals surface area contributed by atoms with Gasteiger partial charge in [-0.3, -0.25) is 14.2 Å². The van der Waals surface area contributed by atoms with Gasteiger partial charge in [0.25, 0.3) is 5.56 Å². The number of methoxy groups -OCH3 is 2. The molecule has 0 aliphatic rings. The number of benzene rings is 2. The van der Waals surface area contributed by atoms with Crippen molar-refractivity contribution in [2.24, 2.45) is 0 Å². The minimum atomic E-state index is -4.54. The molecule has 1 heterocycles. The van der Waals surface area contributed by atoms with Crippen molar-refractivity contribution < 1.29 is 32.2 Å². The van der Waals surface area contributed by atoms with Crippen molar-refractivity contribution in [2.75, 3.05) is 26.1 Å². The Kier molecular flexibility index (Phi) is 7.80. The molecule has 0 atom stereocenters. The van der Waals surface area contributed by atoms with Crippen molar-refractivity contribution in [3.63, 3.8) is 0 Å². The lowest BCUT2D eigenvalue weighted by molar-refractivity contribution is -0.153. The van der Waals surface area contributed by atoms with Crippen molar-refractivity contribution >= 4 is 22.5 Å². The highest BCUT2D eigenvalue weighted by molar-refractivity contribution is 5.91. The van der Waals surface area contributed by atoms with Crippen LogP contribution in [0.1, 0.15) is 18.4 Å². The number of carbonyl (C=O) groups excluding carboxylic acids is 1. The van der Waals surface area contributed by atoms with E-state index in [-0.39, 0.29) is 35.5 Å². The number of aromatic nitrogens is 2. The minimum Gasteiger partial charge on any atom is -0.493 e. The summed E-state index contributed by atoms with van der Waals surface area (Å²) in [7, 11) is 2.94. The Bertz CT molecular complexity index is 1330. The van der Waals surface area contributed by atoms with Crippen LogP contribution in [0.15, 0.2) is 41.5 Å². The number of amides is 1. The van der Waals surface area contributed by atoms with Crippen LogP contribution in [-0.2, 0) is 11.3 Å². The Hall–Kier alpha value is -4.27. The van der Waals surface area contributed by atoms with E-state index in [4.69, 9.17) is 14.7 Å². The van der Waals surface area contributed by atoms with Crippen molar-refractivity contribution in [3.05, 3.63) is 52.6 Å². The maximum atomic E-state index is 12.8. The lowest BCUT2D eigenvalue weighted by Crippen LogP contribution is -2.22. The van der Waals surface area contributed by atoms with Gasteiger partial charge in [0.05, 0.1) is 37.0 Å². The molecule has 0 unspecified atom stereocenters. The molecule has 0 fully saturated rings. The molecule has 1 aromatic heterocycles. The van der Waals surface area contributed by atoms with Crippen molar-refractivity contribution in [1.29, 1.82) is 5.26 Å². The number of alkyl halides is 3. The van der Waals surface area contributed by atoms with E-state index in [0.29, 0.717) is 28.8 Å². The zero-order chi connectivity index (χ0) is 25.6. The van der Waals surface area contributed by atoms with Gasteiger partial charge in [0.15, 0.2) is 18.1 Å². The number of hydrogen-bond acceptors (Lipinski definition) is 7. The number of fused-ring (bicyclic) bond motifs is 1. The Labute approximate surface area is 197 Å². The van der Waals surface area contributed by atoms with Crippen LogP contribution >= 0.6 is 0 Å². The molecule has 12 heteroatoms. The third-order valence-electron chi connectivity index (χ3n) is 4.91. The average Bonchev–Trinajstić information content (AvgIpc) is 2.83. The Balaban J connectivity index is 1.62. The minimum absolute atomic E-state index is 0.0463. The molecule has 0 radical (unpaired) electrons. The first-order valence-electron chi connectivity index (χ1n) is 10.3. The molecule has 1 N–H and O–H groups in total. The van der Waals surface area contributed by atoms with Crippen molar-refractivity contribution in [2.45, 2.75) is 25.6 Å². The fourth-order valence-corrected chi connectivity index (χ4v) is 3.26. The molecule has 1 amide bonds. The molecular formula is C23H21F3N4O5. The van der Waals surface area contributed by atoms with Crippen LogP contribution in [0.5, 0.6) is 17.2 Å². The van der Waals surface area contributed by atoms with E-state index >= 15 is 0 Å². The quantitative estimate of drug-likeness (QED) is 0.487. The number of hydrogen-bond donors (Lipinski definition) is 1. The highest BCUT2D eigenvalue weighted by Crippen LogP contribution is 2.30. The molecule has 0 bridgehead atoms. The van der Waals surface area contributed by atoms with E-state index in [1.807, 2.05) is 0 Å². The summed E-state index contributed by atoms with van der Waals surface area (Å²) in [4.78, 5) is 29.3. The highest BCUT2D eigenvalue weighted by atomic mass is 19.4. The highest BCUT2D eigenvalue weighted by Gasteiger charge is 2.29. The van der Waals surface area contributed by atoms with Gasteiger partial charge in [-0.2, -0.15) is 18.4 Å². The summed E-state index contributed by atoms with van der Waals surface area (Å²) < 4.78 is 53.4. The SMILES string of the molecule is COc1cc2ncn(CCCC(=O)Nc3ccc(OCC(F)(F)F)c(C#N)c3)c(=O)c2cc1OC. The van der Waals surface area contributed by atoms with Crippen LogP contribution in [0.2, 0.25) is 0 Å². The van der Waals surface area contributed by atoms with Gasteiger partial charge in [-0.1, -0.05) is 0 Å². The summed E-state index contributed by atoms with van der Waals surface area (Å²) in [5.74, 6) is 0.203. The first-order chi connectivity index (χ1) is 16.6. The Morgan fingerprint density at radius 2 is 1.86 bits per heavy atom. The molecule has 0 saturated carbocycles. The standard InChI is InChI=1S/C23H21F3N4O5/c1-33-19-9-16-17(10-20(19)34-2)28-13-30(22(16)32)7-3-4-21(31)29-15-5-6-18(14(8-15)11-27)35-12-23(24,25)26/h5-6,8-10,13H,3-4,7,12H2,1-2H3,(H,29,31). The lowest BCUT2D eigenvalue weighted by atomic mass is 10.2. The summed E-state index contributed by atoms with van der Waals surface area (Å²) in [5, 5.41) is 12.1. The largest absolute Gasteiger partial charge is 0.493 e. The molecule has 0 spiro atoms. The van der Waals surface area contributed by atoms with Gasteiger partial charge in [-0.15, -0.1) is 0 Å². The molecule has 2 aromatic carbocycles. The van der Waals surface area contributed by atoms with Gasteiger partial charge in [0, 0.05) is 24.7 Å². The molecule has 3 aromatic rings. The average molecular weight is 490 g/mol. The zero-order valence-electron chi connectivity index (χ0n) is 18.8. The van der Waals surface area contributed by atoms with Gasteiger partial charge in [0.1, 0.15) is 11.8 Å². The molecule has 3 rings (SSSR count). The predicted molar refractivity (Wildman–Crippen MR) is 120 cm³/mol. The summed E-state index contributed by atoms with van der Waals surface area (Å²) in [5.41, 5.74) is 0.228. The molecule has 9 nitrogen and oxygen atoms in total. The smallest absolute Gasteiger partial charge is 0.422 e. The normalized spacial score (nSPS) is 11.1. The first kappa shape index (κ1) is 25.4. The number of anilines is 1. The lowest BCUT2D eigenvalue weighted by Gasteiger charge is -2.12. The van der Waals surface area contributed by atoms with Crippen LogP contribution in [0, 0.1) is 11.3 Å². The number of ether oxygens (including phenoxy) is 3. The summed E-state index contributed by atoms with van der Waals surface area (Å²) in [6.07, 6.45) is -2.80. The maximum Gasteiger partial charge on any atom is 0.422 e. The van der Waals surface area contributed by atoms with Crippen LogP contribution in [0.25, 0.3) is 10.9 Å². The van der Waals surface area contributed by atoms with E-state index in [1.54, 1.807) is 18.2 Å². The number of nitrogens with zero attached hydrogens (tertiary/aromatic N) is 3. The summed E-state index contributed by atoms with van der Waals surface area (Å²) in [6, 6.07) is 8.63. The topological polar surface area (TPSA) is 115 Å². The van der Waals surface area contributed by atoms with Gasteiger partial charge < -0.3 is 19.5 Å². The molecule has 35 heavy (non-hydrogen) atoms. The van der Waals surface area contributed by atoms with Gasteiger partial charge in [-0.25, -0.2) is 4.98 Å². The van der Waals surface area contributed by atoms with E-state index in [1.165, 1.54) is 43.3 Å². The van der Waals surface area contributed by atoms with E-state index in [2.05, 4.69) is 15.0 Å². The molecule has 0 saturated heterocycles. The number of nitrogens with one attached hydrogen (secondary N) is 1. The van der Waals surface area contributed by atoms with Gasteiger partial charge in [0.2, 0.25) is 5.91 Å². The number of halogens is 3. The van der Waals surface area contributed by atoms with Crippen LogP contribution < -0.4 is 25.1 Å². The van der Waals surface area contributed by atoms with Crippen LogP contribution in [0.4, 0.5) is 18.9 Å². The Morgan fingerprint density at radius 1 is 1.14 bits per heavy atom. The fourth-order valence-electron chi connectivity index (χ4n) is 3.26. The first-order valence-corrected chi connectivity index (χ1v) is 10.3. The number of nitriles is 1. The summed E-state index contributed by atoms with van der Waals surface area (Å²) in [6.45, 7) is -1.31. The second-order valence-electron chi connectivity index (χ2n) is 7.35. The van der Waals surface area contributed by atoms with E-state index in [0.717, 1.165) is 0 Å². The van der Waals surface area contributed by atoms with Crippen molar-refractivity contribution in [3.8, 4) is 23.3 Å². The zero-order valence-corrected chi connectivity index (χ0v) is 18.8. The number of aryl methyl sites for hydroxylation is 1. The third-order valence-corrected chi connectivity index (χ3v) is 4.91. The second-order valence-corrected chi connectivity index (χ2v) is 7.35. The van der Waals surface area contributed by atoms with Gasteiger partial charge >= 0.3 is 6.18 Å². The third kappa shape index (κ3) is 6.41. The maximum absolute atomic E-state index is 12.8. The predicted octanol–water partition coefficient (Wildman–Crippen LogP) is 3.65. The van der Waals surface area contributed by atoms with E-state index < -0.39 is 18.7 Å². The molecule has 184 valence electrons. The number of rotatable bonds is 9. The van der Waals surface area contributed by atoms with Crippen LogP contribution in [-0.4, -0.2) is 42.5 Å².